The maximum atomic E-state index is 13.6. The number of benzene rings is 1. The lowest BCUT2D eigenvalue weighted by molar-refractivity contribution is 0.298. The summed E-state index contributed by atoms with van der Waals surface area (Å²) in [4.78, 5) is -0.872. The van der Waals surface area contributed by atoms with Crippen LogP contribution in [0.3, 0.4) is 0 Å². The lowest BCUT2D eigenvalue weighted by atomic mass is 10.1. The van der Waals surface area contributed by atoms with Crippen LogP contribution in [0.2, 0.25) is 0 Å². The Labute approximate surface area is 111 Å². The highest BCUT2D eigenvalue weighted by Gasteiger charge is 2.33. The molecule has 106 valence electrons. The van der Waals surface area contributed by atoms with Crippen LogP contribution in [0.5, 0.6) is 0 Å². The normalized spacial score (nSPS) is 20.7. The molecular weight excluding hydrogens is 274 g/mol. The summed E-state index contributed by atoms with van der Waals surface area (Å²) in [5, 5.41) is 3.07. The van der Waals surface area contributed by atoms with Crippen molar-refractivity contribution in [2.75, 3.05) is 20.1 Å². The molecule has 1 aliphatic rings. The van der Waals surface area contributed by atoms with Crippen LogP contribution < -0.4 is 5.32 Å². The quantitative estimate of drug-likeness (QED) is 0.914. The fraction of sp³-hybridized carbons (Fsp3) is 0.500. The Balaban J connectivity index is 2.36. The first-order chi connectivity index (χ1) is 8.94. The molecule has 0 spiro atoms. The molecule has 0 bridgehead atoms. The molecule has 1 atom stereocenters. The van der Waals surface area contributed by atoms with Gasteiger partial charge in [0.1, 0.15) is 11.6 Å². The molecule has 1 saturated heterocycles. The zero-order valence-corrected chi connectivity index (χ0v) is 11.4. The first-order valence-corrected chi connectivity index (χ1v) is 7.51. The van der Waals surface area contributed by atoms with Gasteiger partial charge in [-0.2, -0.15) is 4.31 Å². The minimum absolute atomic E-state index is 0.280. The molecule has 4 nitrogen and oxygen atoms in total. The van der Waals surface area contributed by atoms with Crippen molar-refractivity contribution >= 4 is 10.0 Å². The van der Waals surface area contributed by atoms with E-state index in [1.165, 1.54) is 7.05 Å². The lowest BCUT2D eigenvalue weighted by Gasteiger charge is -2.31. The number of likely N-dealkylation sites (N-methyl/N-ethyl adjacent to an activating group) is 1. The molecule has 1 N–H and O–H groups in total. The first-order valence-electron chi connectivity index (χ1n) is 6.07. The van der Waals surface area contributed by atoms with Gasteiger partial charge in [-0.1, -0.05) is 6.07 Å². The van der Waals surface area contributed by atoms with E-state index in [2.05, 4.69) is 5.32 Å². The number of rotatable bonds is 3. The molecule has 0 radical (unpaired) electrons. The van der Waals surface area contributed by atoms with Crippen molar-refractivity contribution < 1.29 is 17.2 Å². The average molecular weight is 290 g/mol. The Kier molecular flexibility index (Phi) is 4.17. The Hall–Kier alpha value is -1.05. The van der Waals surface area contributed by atoms with Gasteiger partial charge >= 0.3 is 0 Å². The summed E-state index contributed by atoms with van der Waals surface area (Å²) < 4.78 is 52.9. The summed E-state index contributed by atoms with van der Waals surface area (Å²) in [6, 6.07) is 2.76. The van der Waals surface area contributed by atoms with Crippen LogP contribution in [0.15, 0.2) is 23.1 Å². The molecule has 0 aromatic heterocycles. The highest BCUT2D eigenvalue weighted by Crippen LogP contribution is 2.24. The number of halogens is 2. The number of hydrogen-bond donors (Lipinski definition) is 1. The highest BCUT2D eigenvalue weighted by atomic mass is 32.2. The average Bonchev–Trinajstić information content (AvgIpc) is 2.38. The Morgan fingerprint density at radius 1 is 1.32 bits per heavy atom. The Morgan fingerprint density at radius 2 is 1.95 bits per heavy atom. The molecule has 0 aliphatic carbocycles. The van der Waals surface area contributed by atoms with E-state index in [1.54, 1.807) is 0 Å². The van der Waals surface area contributed by atoms with Crippen molar-refractivity contribution in [2.24, 2.45) is 0 Å². The number of nitrogens with one attached hydrogen (secondary N) is 1. The number of sulfonamides is 1. The van der Waals surface area contributed by atoms with Crippen molar-refractivity contribution in [1.29, 1.82) is 0 Å². The van der Waals surface area contributed by atoms with Gasteiger partial charge in [-0.25, -0.2) is 17.2 Å². The second-order valence-corrected chi connectivity index (χ2v) is 6.51. The van der Waals surface area contributed by atoms with Crippen LogP contribution in [-0.2, 0) is 10.0 Å². The van der Waals surface area contributed by atoms with Crippen LogP contribution in [0.25, 0.3) is 0 Å². The lowest BCUT2D eigenvalue weighted by Crippen LogP contribution is -2.46. The largest absolute Gasteiger partial charge is 0.315 e. The summed E-state index contributed by atoms with van der Waals surface area (Å²) in [5.74, 6) is -2.12. The predicted octanol–water partition coefficient (Wildman–Crippen LogP) is 1.34. The SMILES string of the molecule is CN(C1CCCNC1)S(=O)(=O)c1c(F)cccc1F. The second-order valence-electron chi connectivity index (χ2n) is 4.57. The van der Waals surface area contributed by atoms with Crippen molar-refractivity contribution in [1.82, 2.24) is 9.62 Å². The molecule has 1 aromatic carbocycles. The first kappa shape index (κ1) is 14.4. The number of hydrogen-bond acceptors (Lipinski definition) is 3. The molecule has 1 fully saturated rings. The van der Waals surface area contributed by atoms with Crippen LogP contribution in [0.4, 0.5) is 8.78 Å². The van der Waals surface area contributed by atoms with Gasteiger partial charge in [0.25, 0.3) is 0 Å². The summed E-state index contributed by atoms with van der Waals surface area (Å²) in [6.07, 6.45) is 1.52. The third-order valence-corrected chi connectivity index (χ3v) is 5.30. The van der Waals surface area contributed by atoms with Crippen molar-refractivity contribution in [3.05, 3.63) is 29.8 Å². The zero-order chi connectivity index (χ0) is 14.0. The van der Waals surface area contributed by atoms with Gasteiger partial charge in [0, 0.05) is 19.6 Å². The molecule has 2 rings (SSSR count). The third kappa shape index (κ3) is 2.77. The molecule has 19 heavy (non-hydrogen) atoms. The molecule has 0 saturated carbocycles. The van der Waals surface area contributed by atoms with Gasteiger partial charge in [-0.15, -0.1) is 0 Å². The summed E-state index contributed by atoms with van der Waals surface area (Å²) in [5.41, 5.74) is 0. The van der Waals surface area contributed by atoms with Crippen molar-refractivity contribution in [3.63, 3.8) is 0 Å². The molecule has 1 aliphatic heterocycles. The van der Waals surface area contributed by atoms with Gasteiger partial charge in [0.15, 0.2) is 4.90 Å². The fourth-order valence-corrected chi connectivity index (χ4v) is 3.70. The van der Waals surface area contributed by atoms with Crippen LogP contribution in [-0.4, -0.2) is 38.9 Å². The topological polar surface area (TPSA) is 49.4 Å². The minimum Gasteiger partial charge on any atom is -0.315 e. The monoisotopic (exact) mass is 290 g/mol. The summed E-state index contributed by atoms with van der Waals surface area (Å²) in [6.45, 7) is 1.32. The van der Waals surface area contributed by atoms with Crippen LogP contribution in [0, 0.1) is 11.6 Å². The van der Waals surface area contributed by atoms with Crippen molar-refractivity contribution in [2.45, 2.75) is 23.8 Å². The van der Waals surface area contributed by atoms with E-state index >= 15 is 0 Å². The van der Waals surface area contributed by atoms with E-state index in [9.17, 15) is 17.2 Å². The standard InChI is InChI=1S/C12H16F2N2O2S/c1-16(9-4-3-7-15-8-9)19(17,18)12-10(13)5-2-6-11(12)14/h2,5-6,9,15H,3-4,7-8H2,1H3. The van der Waals surface area contributed by atoms with E-state index in [1.807, 2.05) is 0 Å². The molecule has 1 unspecified atom stereocenters. The maximum Gasteiger partial charge on any atom is 0.248 e. The minimum atomic E-state index is -4.16. The van der Waals surface area contributed by atoms with E-state index in [4.69, 9.17) is 0 Å². The van der Waals surface area contributed by atoms with E-state index in [0.29, 0.717) is 13.0 Å². The Bertz CT molecular complexity index is 537. The highest BCUT2D eigenvalue weighted by molar-refractivity contribution is 7.89. The smallest absolute Gasteiger partial charge is 0.248 e. The van der Waals surface area contributed by atoms with Gasteiger partial charge in [-0.3, -0.25) is 0 Å². The summed E-state index contributed by atoms with van der Waals surface area (Å²) >= 11 is 0. The molecule has 1 heterocycles. The molecular formula is C12H16F2N2O2S. The number of piperidine rings is 1. The maximum absolute atomic E-state index is 13.6. The van der Waals surface area contributed by atoms with E-state index in [0.717, 1.165) is 35.5 Å². The number of nitrogens with zero attached hydrogens (tertiary/aromatic N) is 1. The Morgan fingerprint density at radius 3 is 2.47 bits per heavy atom. The van der Waals surface area contributed by atoms with Gasteiger partial charge in [-0.05, 0) is 31.5 Å². The molecule has 1 aromatic rings. The van der Waals surface area contributed by atoms with Crippen LogP contribution >= 0.6 is 0 Å². The molecule has 7 heteroatoms. The van der Waals surface area contributed by atoms with Gasteiger partial charge in [0.2, 0.25) is 10.0 Å². The zero-order valence-electron chi connectivity index (χ0n) is 10.6. The van der Waals surface area contributed by atoms with Crippen LogP contribution in [0.1, 0.15) is 12.8 Å². The third-order valence-electron chi connectivity index (χ3n) is 3.34. The van der Waals surface area contributed by atoms with Crippen molar-refractivity contribution in [3.8, 4) is 0 Å². The predicted molar refractivity (Wildman–Crippen MR) is 67.2 cm³/mol. The second kappa shape index (κ2) is 5.52. The van der Waals surface area contributed by atoms with Gasteiger partial charge < -0.3 is 5.32 Å². The molecule has 0 amide bonds. The fourth-order valence-electron chi connectivity index (χ4n) is 2.21. The van der Waals surface area contributed by atoms with Gasteiger partial charge in [0.05, 0.1) is 0 Å². The van der Waals surface area contributed by atoms with E-state index < -0.39 is 26.6 Å². The van der Waals surface area contributed by atoms with E-state index in [-0.39, 0.29) is 6.04 Å². The summed E-state index contributed by atoms with van der Waals surface area (Å²) in [7, 11) is -2.80.